The van der Waals surface area contributed by atoms with Gasteiger partial charge in [0.1, 0.15) is 0 Å². The number of nitrogens with zero attached hydrogens (tertiary/aromatic N) is 4. The molecule has 24 heavy (non-hydrogen) atoms. The Balaban J connectivity index is 1.80. The first-order valence-electron chi connectivity index (χ1n) is 7.42. The highest BCUT2D eigenvalue weighted by Crippen LogP contribution is 2.37. The van der Waals surface area contributed by atoms with Crippen molar-refractivity contribution in [3.8, 4) is 5.75 Å². The second-order valence-corrected chi connectivity index (χ2v) is 6.21. The van der Waals surface area contributed by atoms with Crippen molar-refractivity contribution in [3.05, 3.63) is 59.3 Å². The van der Waals surface area contributed by atoms with Gasteiger partial charge in [-0.2, -0.15) is 0 Å². The lowest BCUT2D eigenvalue weighted by Crippen LogP contribution is -2.18. The maximum atomic E-state index is 14.1. The van der Waals surface area contributed by atoms with Crippen molar-refractivity contribution in [2.75, 3.05) is 17.9 Å². The smallest absolute Gasteiger partial charge is 0.234 e. The zero-order valence-corrected chi connectivity index (χ0v) is 14.0. The van der Waals surface area contributed by atoms with Gasteiger partial charge in [0, 0.05) is 24.1 Å². The van der Waals surface area contributed by atoms with Crippen molar-refractivity contribution in [2.45, 2.75) is 6.92 Å². The van der Waals surface area contributed by atoms with E-state index in [1.165, 1.54) is 13.2 Å². The molecule has 1 aliphatic rings. The number of halogens is 1. The molecule has 0 radical (unpaired) electrons. The number of thioether (sulfide) groups is 1. The molecular formula is C17H15FN4OS. The highest BCUT2D eigenvalue weighted by molar-refractivity contribution is 8.02. The Hall–Kier alpha value is -2.54. The van der Waals surface area contributed by atoms with Crippen LogP contribution < -0.4 is 9.64 Å². The second-order valence-electron chi connectivity index (χ2n) is 5.38. The number of rotatable bonds is 3. The van der Waals surface area contributed by atoms with Gasteiger partial charge in [-0.05, 0) is 30.5 Å². The Kier molecular flexibility index (Phi) is 3.65. The van der Waals surface area contributed by atoms with Crippen molar-refractivity contribution in [1.29, 1.82) is 0 Å². The summed E-state index contributed by atoms with van der Waals surface area (Å²) >= 11 is 1.67. The fourth-order valence-electron chi connectivity index (χ4n) is 2.85. The van der Waals surface area contributed by atoms with E-state index in [-0.39, 0.29) is 11.6 Å². The molecule has 0 atom stereocenters. The molecule has 0 bridgehead atoms. The molecule has 1 aromatic carbocycles. The van der Waals surface area contributed by atoms with Gasteiger partial charge in [-0.15, -0.1) is 11.8 Å². The van der Waals surface area contributed by atoms with Crippen LogP contribution in [-0.4, -0.2) is 27.4 Å². The summed E-state index contributed by atoms with van der Waals surface area (Å²) in [5.74, 6) is 1.24. The van der Waals surface area contributed by atoms with Crippen LogP contribution in [0.15, 0.2) is 42.1 Å². The molecule has 0 N–H and O–H groups in total. The third-order valence-corrected chi connectivity index (χ3v) is 4.75. The summed E-state index contributed by atoms with van der Waals surface area (Å²) in [4.78, 5) is 10.9. The van der Waals surface area contributed by atoms with E-state index in [0.717, 1.165) is 22.8 Å². The summed E-state index contributed by atoms with van der Waals surface area (Å²) in [6.45, 7) is 1.96. The maximum Gasteiger partial charge on any atom is 0.234 e. The summed E-state index contributed by atoms with van der Waals surface area (Å²) in [6, 6.07) is 6.87. The first-order chi connectivity index (χ1) is 11.7. The number of fused-ring (bicyclic) bond motifs is 1. The molecular weight excluding hydrogens is 327 g/mol. The van der Waals surface area contributed by atoms with Crippen LogP contribution in [0, 0.1) is 12.7 Å². The number of anilines is 1. The Morgan fingerprint density at radius 3 is 3.00 bits per heavy atom. The highest BCUT2D eigenvalue weighted by atomic mass is 32.2. The van der Waals surface area contributed by atoms with Gasteiger partial charge in [0.2, 0.25) is 5.78 Å². The predicted molar refractivity (Wildman–Crippen MR) is 93.6 cm³/mol. The monoisotopic (exact) mass is 342 g/mol. The Morgan fingerprint density at radius 2 is 2.21 bits per heavy atom. The third-order valence-electron chi connectivity index (χ3n) is 3.96. The maximum absolute atomic E-state index is 14.1. The van der Waals surface area contributed by atoms with E-state index in [1.807, 2.05) is 29.7 Å². The van der Waals surface area contributed by atoms with Gasteiger partial charge in [-0.25, -0.2) is 14.4 Å². The first-order valence-corrected chi connectivity index (χ1v) is 8.47. The van der Waals surface area contributed by atoms with Crippen LogP contribution in [0.5, 0.6) is 5.75 Å². The molecule has 1 aliphatic heterocycles. The van der Waals surface area contributed by atoms with Gasteiger partial charge in [0.25, 0.3) is 0 Å². The standard InChI is InChI=1S/C17H15FN4OS/c1-11-16(21-7-3-6-19-17(21)20-11)14-9-24-10-22(14)12-4-5-15(23-2)13(18)8-12/h3-9H,10H2,1-2H3. The number of hydrogen-bond acceptors (Lipinski definition) is 5. The average molecular weight is 342 g/mol. The van der Waals surface area contributed by atoms with Gasteiger partial charge in [0.15, 0.2) is 11.6 Å². The molecule has 3 heterocycles. The van der Waals surface area contributed by atoms with E-state index < -0.39 is 0 Å². The van der Waals surface area contributed by atoms with Crippen molar-refractivity contribution in [2.24, 2.45) is 0 Å². The fourth-order valence-corrected chi connectivity index (χ4v) is 3.76. The SMILES string of the molecule is COc1ccc(N2CSC=C2c2c(C)nc3ncccn23)cc1F. The summed E-state index contributed by atoms with van der Waals surface area (Å²) in [6.07, 6.45) is 3.66. The normalized spacial score (nSPS) is 14.3. The molecule has 2 aromatic heterocycles. The summed E-state index contributed by atoms with van der Waals surface area (Å²) < 4.78 is 21.1. The summed E-state index contributed by atoms with van der Waals surface area (Å²) in [5.41, 5.74) is 3.63. The number of aryl methyl sites for hydroxylation is 1. The number of benzene rings is 1. The third kappa shape index (κ3) is 2.32. The van der Waals surface area contributed by atoms with Crippen LogP contribution in [0.2, 0.25) is 0 Å². The van der Waals surface area contributed by atoms with Gasteiger partial charge in [-0.1, -0.05) is 0 Å². The molecule has 122 valence electrons. The van der Waals surface area contributed by atoms with E-state index in [0.29, 0.717) is 11.7 Å². The molecule has 0 spiro atoms. The zero-order chi connectivity index (χ0) is 16.7. The average Bonchev–Trinajstić information content (AvgIpc) is 3.17. The van der Waals surface area contributed by atoms with Crippen molar-refractivity contribution >= 4 is 28.9 Å². The van der Waals surface area contributed by atoms with Gasteiger partial charge in [0.05, 0.1) is 30.1 Å². The van der Waals surface area contributed by atoms with Gasteiger partial charge in [-0.3, -0.25) is 4.40 Å². The van der Waals surface area contributed by atoms with Crippen molar-refractivity contribution in [3.63, 3.8) is 0 Å². The van der Waals surface area contributed by atoms with E-state index in [1.54, 1.807) is 24.0 Å². The Labute approximate surface area is 142 Å². The largest absolute Gasteiger partial charge is 0.494 e. The first kappa shape index (κ1) is 15.0. The van der Waals surface area contributed by atoms with E-state index in [9.17, 15) is 4.39 Å². The molecule has 0 saturated carbocycles. The number of methoxy groups -OCH3 is 1. The molecule has 0 aliphatic carbocycles. The topological polar surface area (TPSA) is 42.7 Å². The minimum absolute atomic E-state index is 0.242. The number of aromatic nitrogens is 3. The lowest BCUT2D eigenvalue weighted by atomic mass is 10.2. The minimum Gasteiger partial charge on any atom is -0.494 e. The zero-order valence-electron chi connectivity index (χ0n) is 13.2. The van der Waals surface area contributed by atoms with E-state index >= 15 is 0 Å². The van der Waals surface area contributed by atoms with Crippen LogP contribution in [0.1, 0.15) is 11.4 Å². The summed E-state index contributed by atoms with van der Waals surface area (Å²) in [7, 11) is 1.46. The van der Waals surface area contributed by atoms with Crippen LogP contribution in [0.25, 0.3) is 11.5 Å². The molecule has 0 amide bonds. The molecule has 0 unspecified atom stereocenters. The van der Waals surface area contributed by atoms with Crippen LogP contribution in [0.3, 0.4) is 0 Å². The molecule has 4 rings (SSSR count). The minimum atomic E-state index is -0.372. The number of hydrogen-bond donors (Lipinski definition) is 0. The number of imidazole rings is 1. The van der Waals surface area contributed by atoms with Crippen LogP contribution in [0.4, 0.5) is 10.1 Å². The van der Waals surface area contributed by atoms with E-state index in [4.69, 9.17) is 4.74 Å². The second kappa shape index (κ2) is 5.83. The molecule has 3 aromatic rings. The Bertz CT molecular complexity index is 953. The number of ether oxygens (including phenoxy) is 1. The van der Waals surface area contributed by atoms with Crippen LogP contribution in [-0.2, 0) is 0 Å². The molecule has 7 heteroatoms. The lowest BCUT2D eigenvalue weighted by Gasteiger charge is -2.22. The van der Waals surface area contributed by atoms with Crippen molar-refractivity contribution < 1.29 is 9.13 Å². The molecule has 0 fully saturated rings. The Morgan fingerprint density at radius 1 is 1.33 bits per heavy atom. The molecule has 0 saturated heterocycles. The predicted octanol–water partition coefficient (Wildman–Crippen LogP) is 3.69. The van der Waals surface area contributed by atoms with Gasteiger partial charge < -0.3 is 9.64 Å². The fraction of sp³-hybridized carbons (Fsp3) is 0.176. The molecule has 5 nitrogen and oxygen atoms in total. The van der Waals surface area contributed by atoms with E-state index in [2.05, 4.69) is 20.3 Å². The highest BCUT2D eigenvalue weighted by Gasteiger charge is 2.25. The van der Waals surface area contributed by atoms with Crippen LogP contribution >= 0.6 is 11.8 Å². The lowest BCUT2D eigenvalue weighted by molar-refractivity contribution is 0.386. The quantitative estimate of drug-likeness (QED) is 0.726. The summed E-state index contributed by atoms with van der Waals surface area (Å²) in [5, 5.41) is 2.07. The van der Waals surface area contributed by atoms with Gasteiger partial charge >= 0.3 is 0 Å². The van der Waals surface area contributed by atoms with Crippen molar-refractivity contribution in [1.82, 2.24) is 14.4 Å².